The summed E-state index contributed by atoms with van der Waals surface area (Å²) >= 11 is 16.3. The van der Waals surface area contributed by atoms with Gasteiger partial charge in [-0.2, -0.15) is 0 Å². The lowest BCUT2D eigenvalue weighted by Crippen LogP contribution is -2.08. The smallest absolute Gasteiger partial charge is 0.167 e. The van der Waals surface area contributed by atoms with Crippen molar-refractivity contribution in [2.24, 2.45) is 0 Å². The Morgan fingerprint density at radius 2 is 2.00 bits per heavy atom. The summed E-state index contributed by atoms with van der Waals surface area (Å²) < 4.78 is 5.09. The molecular formula is C8H8Cl2N2OS. The molecule has 0 aliphatic carbocycles. The standard InChI is InChI=1S/C8H8Cl2N2OS/c1-2-13-8(14)4-7-11-5(9)3-6(10)12-7/h3H,2,4H2,1H3. The van der Waals surface area contributed by atoms with Gasteiger partial charge in [0.05, 0.1) is 13.0 Å². The van der Waals surface area contributed by atoms with E-state index in [9.17, 15) is 0 Å². The van der Waals surface area contributed by atoms with Crippen LogP contribution in [0.4, 0.5) is 0 Å². The van der Waals surface area contributed by atoms with Crippen LogP contribution in [0.2, 0.25) is 10.3 Å². The van der Waals surface area contributed by atoms with Gasteiger partial charge < -0.3 is 4.74 Å². The summed E-state index contributed by atoms with van der Waals surface area (Å²) in [4.78, 5) is 7.92. The molecule has 1 rings (SSSR count). The lowest BCUT2D eigenvalue weighted by Gasteiger charge is -2.03. The predicted molar refractivity (Wildman–Crippen MR) is 60.0 cm³/mol. The number of ether oxygens (including phenoxy) is 1. The summed E-state index contributed by atoms with van der Waals surface area (Å²) in [7, 11) is 0. The van der Waals surface area contributed by atoms with E-state index in [1.165, 1.54) is 6.07 Å². The van der Waals surface area contributed by atoms with Crippen molar-refractivity contribution < 1.29 is 4.74 Å². The molecule has 0 aromatic carbocycles. The van der Waals surface area contributed by atoms with Crippen LogP contribution in [-0.2, 0) is 11.2 Å². The third kappa shape index (κ3) is 3.74. The van der Waals surface area contributed by atoms with Crippen molar-refractivity contribution in [3.8, 4) is 0 Å². The molecule has 0 saturated heterocycles. The number of rotatable bonds is 3. The number of aromatic nitrogens is 2. The Morgan fingerprint density at radius 1 is 1.43 bits per heavy atom. The van der Waals surface area contributed by atoms with Crippen molar-refractivity contribution in [3.05, 3.63) is 22.2 Å². The van der Waals surface area contributed by atoms with Gasteiger partial charge in [0.15, 0.2) is 5.05 Å². The van der Waals surface area contributed by atoms with Crippen molar-refractivity contribution >= 4 is 40.5 Å². The molecule has 1 aromatic heterocycles. The minimum absolute atomic E-state index is 0.305. The van der Waals surface area contributed by atoms with Crippen LogP contribution in [0.15, 0.2) is 6.07 Å². The molecule has 0 unspecified atom stereocenters. The molecule has 0 spiro atoms. The van der Waals surface area contributed by atoms with Gasteiger partial charge in [0.1, 0.15) is 16.1 Å². The predicted octanol–water partition coefficient (Wildman–Crippen LogP) is 2.69. The van der Waals surface area contributed by atoms with Gasteiger partial charge in [-0.25, -0.2) is 9.97 Å². The molecule has 6 heteroatoms. The van der Waals surface area contributed by atoms with Crippen LogP contribution in [0.1, 0.15) is 12.7 Å². The second-order valence-electron chi connectivity index (χ2n) is 2.41. The van der Waals surface area contributed by atoms with E-state index in [1.54, 1.807) is 0 Å². The molecule has 1 heterocycles. The van der Waals surface area contributed by atoms with E-state index in [0.29, 0.717) is 34.2 Å². The average Bonchev–Trinajstić information content (AvgIpc) is 2.01. The second kappa shape index (κ2) is 5.44. The maximum atomic E-state index is 5.69. The van der Waals surface area contributed by atoms with E-state index in [0.717, 1.165) is 0 Å². The Morgan fingerprint density at radius 3 is 2.50 bits per heavy atom. The van der Waals surface area contributed by atoms with Crippen LogP contribution in [0, 0.1) is 0 Å². The molecule has 0 bridgehead atoms. The SMILES string of the molecule is CCOC(=S)Cc1nc(Cl)cc(Cl)n1. The summed E-state index contributed by atoms with van der Waals surface area (Å²) in [6.07, 6.45) is 0.351. The van der Waals surface area contributed by atoms with Gasteiger partial charge in [-0.05, 0) is 19.1 Å². The molecule has 0 fully saturated rings. The van der Waals surface area contributed by atoms with Crippen molar-refractivity contribution in [2.75, 3.05) is 6.61 Å². The van der Waals surface area contributed by atoms with E-state index < -0.39 is 0 Å². The highest BCUT2D eigenvalue weighted by Crippen LogP contribution is 2.12. The summed E-state index contributed by atoms with van der Waals surface area (Å²) in [5.74, 6) is 0.473. The quantitative estimate of drug-likeness (QED) is 0.611. The molecule has 14 heavy (non-hydrogen) atoms. The maximum Gasteiger partial charge on any atom is 0.167 e. The molecule has 0 amide bonds. The largest absolute Gasteiger partial charge is 0.487 e. The highest BCUT2D eigenvalue weighted by Gasteiger charge is 2.05. The lowest BCUT2D eigenvalue weighted by molar-refractivity contribution is 0.329. The van der Waals surface area contributed by atoms with Gasteiger partial charge in [-0.1, -0.05) is 23.2 Å². The van der Waals surface area contributed by atoms with E-state index >= 15 is 0 Å². The fraction of sp³-hybridized carbons (Fsp3) is 0.375. The van der Waals surface area contributed by atoms with Crippen LogP contribution < -0.4 is 0 Å². The van der Waals surface area contributed by atoms with Crippen LogP contribution in [0.25, 0.3) is 0 Å². The fourth-order valence-corrected chi connectivity index (χ4v) is 1.56. The van der Waals surface area contributed by atoms with Crippen molar-refractivity contribution in [1.29, 1.82) is 0 Å². The third-order valence-corrected chi connectivity index (χ3v) is 1.97. The zero-order valence-corrected chi connectivity index (χ0v) is 9.79. The first-order valence-corrected chi connectivity index (χ1v) is 5.13. The van der Waals surface area contributed by atoms with Crippen LogP contribution in [-0.4, -0.2) is 21.6 Å². The monoisotopic (exact) mass is 250 g/mol. The van der Waals surface area contributed by atoms with Crippen LogP contribution in [0.5, 0.6) is 0 Å². The van der Waals surface area contributed by atoms with Crippen molar-refractivity contribution in [3.63, 3.8) is 0 Å². The molecule has 0 aliphatic rings. The molecule has 1 aromatic rings. The van der Waals surface area contributed by atoms with E-state index in [1.807, 2.05) is 6.92 Å². The zero-order chi connectivity index (χ0) is 10.6. The number of thiocarbonyl (C=S) groups is 1. The Hall–Kier alpha value is -0.450. The first-order valence-electron chi connectivity index (χ1n) is 3.96. The Bertz CT molecular complexity index is 326. The molecule has 3 nitrogen and oxygen atoms in total. The van der Waals surface area contributed by atoms with Gasteiger partial charge >= 0.3 is 0 Å². The van der Waals surface area contributed by atoms with Gasteiger partial charge in [0, 0.05) is 6.07 Å². The topological polar surface area (TPSA) is 35.0 Å². The highest BCUT2D eigenvalue weighted by molar-refractivity contribution is 7.80. The molecule has 76 valence electrons. The number of hydrogen-bond acceptors (Lipinski definition) is 4. The zero-order valence-electron chi connectivity index (χ0n) is 7.46. The molecular weight excluding hydrogens is 243 g/mol. The molecule has 0 saturated carbocycles. The normalized spacial score (nSPS) is 9.93. The minimum atomic E-state index is 0.305. The van der Waals surface area contributed by atoms with Gasteiger partial charge in [-0.15, -0.1) is 0 Å². The number of nitrogens with zero attached hydrogens (tertiary/aromatic N) is 2. The molecule has 0 atom stereocenters. The fourth-order valence-electron chi connectivity index (χ4n) is 0.855. The molecule has 0 N–H and O–H groups in total. The van der Waals surface area contributed by atoms with Crippen molar-refractivity contribution in [2.45, 2.75) is 13.3 Å². The number of hydrogen-bond donors (Lipinski definition) is 0. The van der Waals surface area contributed by atoms with Crippen molar-refractivity contribution in [1.82, 2.24) is 9.97 Å². The molecule has 0 radical (unpaired) electrons. The first-order chi connectivity index (χ1) is 6.61. The number of halogens is 2. The van der Waals surface area contributed by atoms with E-state index in [-0.39, 0.29) is 0 Å². The Balaban J connectivity index is 2.71. The van der Waals surface area contributed by atoms with Crippen LogP contribution in [0.3, 0.4) is 0 Å². The first kappa shape index (κ1) is 11.6. The third-order valence-electron chi connectivity index (χ3n) is 1.32. The average molecular weight is 251 g/mol. The maximum absolute atomic E-state index is 5.69. The summed E-state index contributed by atoms with van der Waals surface area (Å²) in [6.45, 7) is 2.39. The summed E-state index contributed by atoms with van der Waals surface area (Å²) in [5.41, 5.74) is 0. The lowest BCUT2D eigenvalue weighted by atomic mass is 10.4. The van der Waals surface area contributed by atoms with Gasteiger partial charge in [0.25, 0.3) is 0 Å². The van der Waals surface area contributed by atoms with Gasteiger partial charge in [-0.3, -0.25) is 0 Å². The van der Waals surface area contributed by atoms with E-state index in [2.05, 4.69) is 9.97 Å². The minimum Gasteiger partial charge on any atom is -0.487 e. The molecule has 0 aliphatic heterocycles. The van der Waals surface area contributed by atoms with Crippen LogP contribution >= 0.6 is 35.4 Å². The summed E-state index contributed by atoms with van der Waals surface area (Å²) in [6, 6.07) is 1.47. The highest BCUT2D eigenvalue weighted by atomic mass is 35.5. The summed E-state index contributed by atoms with van der Waals surface area (Å²) in [5, 5.41) is 1.05. The van der Waals surface area contributed by atoms with E-state index in [4.69, 9.17) is 40.2 Å². The Labute approximate surface area is 97.4 Å². The van der Waals surface area contributed by atoms with Gasteiger partial charge in [0.2, 0.25) is 0 Å². The second-order valence-corrected chi connectivity index (χ2v) is 3.64. The Kier molecular flexibility index (Phi) is 4.51.